The molecule has 3 aromatic carbocycles. The highest BCUT2D eigenvalue weighted by atomic mass is 19.2. The molecule has 0 aliphatic heterocycles. The largest absolute Gasteiger partial charge is 0.478 e. The third-order valence-electron chi connectivity index (χ3n) is 5.16. The Morgan fingerprint density at radius 3 is 2.15 bits per heavy atom. The van der Waals surface area contributed by atoms with Crippen LogP contribution in [0.3, 0.4) is 0 Å². The quantitative estimate of drug-likeness (QED) is 0.468. The third-order valence-corrected chi connectivity index (χ3v) is 5.16. The molecule has 3 aromatic rings. The summed E-state index contributed by atoms with van der Waals surface area (Å²) < 4.78 is 26.8. The van der Waals surface area contributed by atoms with Crippen molar-refractivity contribution >= 4 is 22.7 Å². The van der Waals surface area contributed by atoms with Crippen LogP contribution in [0.5, 0.6) is 0 Å². The number of rotatable bonds is 7. The van der Waals surface area contributed by atoms with Crippen molar-refractivity contribution in [2.75, 3.05) is 14.1 Å². The molecular formula is C26H27F2NO4. The molecule has 3 rings (SSSR count). The van der Waals surface area contributed by atoms with E-state index in [0.717, 1.165) is 18.4 Å². The maximum Gasteiger partial charge on any atom is 0.328 e. The minimum atomic E-state index is -1.26. The maximum atomic E-state index is 13.6. The Morgan fingerprint density at radius 2 is 1.58 bits per heavy atom. The lowest BCUT2D eigenvalue weighted by molar-refractivity contribution is -0.134. The number of carbonyl (C=O) groups is 2. The molecule has 174 valence electrons. The van der Waals surface area contributed by atoms with Crippen LogP contribution in [-0.4, -0.2) is 41.1 Å². The number of carboxylic acids is 2. The van der Waals surface area contributed by atoms with Crippen LogP contribution in [0.4, 0.5) is 8.78 Å². The molecule has 0 saturated heterocycles. The molecule has 0 aromatic heterocycles. The smallest absolute Gasteiger partial charge is 0.328 e. The van der Waals surface area contributed by atoms with E-state index in [9.17, 15) is 18.4 Å². The molecule has 0 aliphatic carbocycles. The molecule has 0 heterocycles. The molecule has 1 atom stereocenters. The van der Waals surface area contributed by atoms with Crippen LogP contribution >= 0.6 is 0 Å². The average molecular weight is 456 g/mol. The molecule has 0 aliphatic rings. The summed E-state index contributed by atoms with van der Waals surface area (Å²) in [5.41, 5.74) is 3.34. The zero-order valence-electron chi connectivity index (χ0n) is 18.8. The number of fused-ring (bicyclic) bond motifs is 1. The number of aliphatic carboxylic acids is 2. The van der Waals surface area contributed by atoms with Crippen molar-refractivity contribution in [1.82, 2.24) is 4.90 Å². The van der Waals surface area contributed by atoms with Gasteiger partial charge in [0.05, 0.1) is 0 Å². The maximum absolute atomic E-state index is 13.6. The van der Waals surface area contributed by atoms with Gasteiger partial charge in [-0.05, 0) is 73.5 Å². The number of benzene rings is 3. The minimum absolute atomic E-state index is 0.0434. The summed E-state index contributed by atoms with van der Waals surface area (Å²) in [7, 11) is 3.94. The van der Waals surface area contributed by atoms with Crippen molar-refractivity contribution in [1.29, 1.82) is 0 Å². The fourth-order valence-electron chi connectivity index (χ4n) is 3.61. The van der Waals surface area contributed by atoms with Gasteiger partial charge >= 0.3 is 11.9 Å². The fraction of sp³-hybridized carbons (Fsp3) is 0.231. The summed E-state index contributed by atoms with van der Waals surface area (Å²) in [6.07, 6.45) is 2.84. The van der Waals surface area contributed by atoms with Crippen LogP contribution in [0.15, 0.2) is 66.7 Å². The van der Waals surface area contributed by atoms with Crippen LogP contribution in [0, 0.1) is 18.6 Å². The summed E-state index contributed by atoms with van der Waals surface area (Å²) in [5.74, 6) is -4.10. The lowest BCUT2D eigenvalue weighted by Crippen LogP contribution is -2.21. The van der Waals surface area contributed by atoms with Gasteiger partial charge < -0.3 is 15.1 Å². The van der Waals surface area contributed by atoms with Gasteiger partial charge in [-0.15, -0.1) is 0 Å². The van der Waals surface area contributed by atoms with Crippen molar-refractivity contribution < 1.29 is 28.6 Å². The van der Waals surface area contributed by atoms with E-state index < -0.39 is 23.6 Å². The zero-order chi connectivity index (χ0) is 24.5. The summed E-state index contributed by atoms with van der Waals surface area (Å²) in [6.45, 7) is 2.13. The molecule has 0 saturated carbocycles. The molecule has 33 heavy (non-hydrogen) atoms. The average Bonchev–Trinajstić information content (AvgIpc) is 2.75. The molecule has 5 nitrogen and oxygen atoms in total. The Labute approximate surface area is 191 Å². The lowest BCUT2D eigenvalue weighted by atomic mass is 9.95. The van der Waals surface area contributed by atoms with Crippen LogP contribution < -0.4 is 0 Å². The normalized spacial score (nSPS) is 11.9. The predicted octanol–water partition coefficient (Wildman–Crippen LogP) is 5.37. The van der Waals surface area contributed by atoms with Crippen LogP contribution in [0.1, 0.15) is 29.2 Å². The number of nitrogens with zero attached hydrogens (tertiary/aromatic N) is 1. The van der Waals surface area contributed by atoms with Crippen LogP contribution in [0.2, 0.25) is 0 Å². The SMILES string of the molecule is Cc1cc(CCC(c2ccc(F)c(F)c2)N(C)C)cc2ccccc12.O=C(O)/C=C\C(=O)O. The van der Waals surface area contributed by atoms with Gasteiger partial charge in [-0.25, -0.2) is 18.4 Å². The summed E-state index contributed by atoms with van der Waals surface area (Å²) in [6, 6.07) is 17.1. The fourth-order valence-corrected chi connectivity index (χ4v) is 3.61. The van der Waals surface area contributed by atoms with E-state index in [2.05, 4.69) is 48.2 Å². The van der Waals surface area contributed by atoms with Crippen molar-refractivity contribution in [3.63, 3.8) is 0 Å². The Balaban J connectivity index is 0.000000414. The van der Waals surface area contributed by atoms with Crippen molar-refractivity contribution in [3.8, 4) is 0 Å². The van der Waals surface area contributed by atoms with Crippen molar-refractivity contribution in [3.05, 3.63) is 95.1 Å². The zero-order valence-corrected chi connectivity index (χ0v) is 18.8. The molecule has 0 radical (unpaired) electrons. The molecular weight excluding hydrogens is 428 g/mol. The van der Waals surface area contributed by atoms with Gasteiger partial charge in [0.2, 0.25) is 0 Å². The topological polar surface area (TPSA) is 77.8 Å². The van der Waals surface area contributed by atoms with Gasteiger partial charge in [0.25, 0.3) is 0 Å². The Kier molecular flexibility index (Phi) is 9.24. The number of hydrogen-bond acceptors (Lipinski definition) is 3. The Bertz CT molecular complexity index is 1140. The third kappa shape index (κ3) is 7.80. The van der Waals surface area contributed by atoms with E-state index in [-0.39, 0.29) is 6.04 Å². The van der Waals surface area contributed by atoms with E-state index in [1.54, 1.807) is 6.07 Å². The summed E-state index contributed by atoms with van der Waals surface area (Å²) >= 11 is 0. The highest BCUT2D eigenvalue weighted by Gasteiger charge is 2.16. The number of carboxylic acid groups (broad SMARTS) is 2. The molecule has 1 unspecified atom stereocenters. The van der Waals surface area contributed by atoms with E-state index >= 15 is 0 Å². The first kappa shape index (κ1) is 25.7. The first-order valence-electron chi connectivity index (χ1n) is 10.3. The number of aryl methyl sites for hydroxylation is 2. The molecule has 7 heteroatoms. The molecule has 0 amide bonds. The van der Waals surface area contributed by atoms with E-state index in [1.165, 1.54) is 34.0 Å². The highest BCUT2D eigenvalue weighted by Crippen LogP contribution is 2.27. The second-order valence-corrected chi connectivity index (χ2v) is 7.84. The first-order chi connectivity index (χ1) is 15.6. The van der Waals surface area contributed by atoms with E-state index in [0.29, 0.717) is 12.2 Å². The van der Waals surface area contributed by atoms with Gasteiger partial charge in [0.1, 0.15) is 0 Å². The van der Waals surface area contributed by atoms with Gasteiger partial charge in [-0.2, -0.15) is 0 Å². The monoisotopic (exact) mass is 455 g/mol. The second kappa shape index (κ2) is 11.9. The van der Waals surface area contributed by atoms with Crippen molar-refractivity contribution in [2.24, 2.45) is 0 Å². The van der Waals surface area contributed by atoms with Gasteiger partial charge in [-0.1, -0.05) is 42.5 Å². The summed E-state index contributed by atoms with van der Waals surface area (Å²) in [4.78, 5) is 21.2. The van der Waals surface area contributed by atoms with Gasteiger partial charge in [0.15, 0.2) is 11.6 Å². The van der Waals surface area contributed by atoms with E-state index in [4.69, 9.17) is 10.2 Å². The van der Waals surface area contributed by atoms with Gasteiger partial charge in [-0.3, -0.25) is 0 Å². The van der Waals surface area contributed by atoms with Gasteiger partial charge in [0, 0.05) is 18.2 Å². The first-order valence-corrected chi connectivity index (χ1v) is 10.3. The van der Waals surface area contributed by atoms with Crippen LogP contribution in [0.25, 0.3) is 10.8 Å². The number of hydrogen-bond donors (Lipinski definition) is 2. The lowest BCUT2D eigenvalue weighted by Gasteiger charge is -2.25. The highest BCUT2D eigenvalue weighted by molar-refractivity contribution is 5.89. The van der Waals surface area contributed by atoms with Crippen molar-refractivity contribution in [2.45, 2.75) is 25.8 Å². The molecule has 2 N–H and O–H groups in total. The minimum Gasteiger partial charge on any atom is -0.478 e. The second-order valence-electron chi connectivity index (χ2n) is 7.84. The van der Waals surface area contributed by atoms with E-state index in [1.807, 2.05) is 14.1 Å². The number of halogens is 2. The Hall–Kier alpha value is -3.58. The molecule has 0 fully saturated rings. The summed E-state index contributed by atoms with van der Waals surface area (Å²) in [5, 5.41) is 18.1. The predicted molar refractivity (Wildman–Crippen MR) is 124 cm³/mol. The molecule has 0 bridgehead atoms. The van der Waals surface area contributed by atoms with Crippen LogP contribution in [-0.2, 0) is 16.0 Å². The Morgan fingerprint density at radius 1 is 0.939 bits per heavy atom. The standard InChI is InChI=1S/C22H23F2N.C4H4O4/c1-15-12-16(13-17-6-4-5-7-19(15)17)8-11-22(25(2)3)18-9-10-20(23)21(24)14-18;5-3(6)1-2-4(7)8/h4-7,9-10,12-14,22H,8,11H2,1-3H3;1-2H,(H,5,6)(H,7,8)/b;2-1-. The molecule has 0 spiro atoms.